The van der Waals surface area contributed by atoms with Gasteiger partial charge in [-0.25, -0.2) is 13.2 Å². The van der Waals surface area contributed by atoms with Crippen molar-refractivity contribution in [3.8, 4) is 11.1 Å². The molecule has 0 bridgehead atoms. The van der Waals surface area contributed by atoms with Gasteiger partial charge in [0.1, 0.15) is 0 Å². The van der Waals surface area contributed by atoms with E-state index in [1.165, 1.54) is 30.3 Å². The molecule has 0 atom stereocenters. The second-order valence-electron chi connectivity index (χ2n) is 6.30. The molecule has 9 heteroatoms. The molecule has 29 heavy (non-hydrogen) atoms. The first-order chi connectivity index (χ1) is 13.8. The van der Waals surface area contributed by atoms with E-state index in [4.69, 9.17) is 0 Å². The number of anilines is 1. The maximum atomic E-state index is 12.7. The molecular formula is C20H15N3O5S. The maximum Gasteiger partial charge on any atom is 0.362 e. The van der Waals surface area contributed by atoms with E-state index in [9.17, 15) is 23.2 Å². The van der Waals surface area contributed by atoms with Crippen molar-refractivity contribution in [2.45, 2.75) is 4.90 Å². The summed E-state index contributed by atoms with van der Waals surface area (Å²) in [7, 11) is -3.88. The summed E-state index contributed by atoms with van der Waals surface area (Å²) in [6.45, 7) is 0. The van der Waals surface area contributed by atoms with Gasteiger partial charge in [-0.3, -0.25) is 9.52 Å². The predicted molar refractivity (Wildman–Crippen MR) is 109 cm³/mol. The SMILES string of the molecule is O=c1[nH]c2cc(NS(=O)(=O)c3ccc(-c4ccccc4)cc3)ccc2c(=O)n1O. The standard InChI is InChI=1S/C20H15N3O5S/c24-19-17-11-8-15(12-18(17)21-20(25)23(19)26)22-29(27,28)16-9-6-14(7-10-16)13-4-2-1-3-5-13/h1-12,22,26H,(H,21,25). The monoisotopic (exact) mass is 409 g/mol. The second kappa shape index (κ2) is 6.95. The fraction of sp³-hybridized carbons (Fsp3) is 0. The molecule has 0 fully saturated rings. The molecule has 8 nitrogen and oxygen atoms in total. The van der Waals surface area contributed by atoms with E-state index in [0.717, 1.165) is 11.1 Å². The molecule has 0 aliphatic carbocycles. The second-order valence-corrected chi connectivity index (χ2v) is 7.99. The van der Waals surface area contributed by atoms with Crippen molar-refractivity contribution in [1.29, 1.82) is 0 Å². The number of nitrogens with zero attached hydrogens (tertiary/aromatic N) is 1. The summed E-state index contributed by atoms with van der Waals surface area (Å²) in [4.78, 5) is 25.8. The van der Waals surface area contributed by atoms with E-state index in [1.807, 2.05) is 30.3 Å². The topological polar surface area (TPSA) is 121 Å². The molecule has 1 aromatic heterocycles. The van der Waals surface area contributed by atoms with Crippen molar-refractivity contribution >= 4 is 26.6 Å². The third-order valence-electron chi connectivity index (χ3n) is 4.40. The van der Waals surface area contributed by atoms with E-state index in [2.05, 4.69) is 9.71 Å². The number of benzene rings is 3. The Morgan fingerprint density at radius 2 is 1.52 bits per heavy atom. The largest absolute Gasteiger partial charge is 0.421 e. The van der Waals surface area contributed by atoms with Crippen LogP contribution in [0.15, 0.2) is 87.3 Å². The third kappa shape index (κ3) is 3.50. The average Bonchev–Trinajstić information content (AvgIpc) is 2.72. The minimum Gasteiger partial charge on any atom is -0.421 e. The minimum atomic E-state index is -3.88. The molecule has 0 saturated carbocycles. The summed E-state index contributed by atoms with van der Waals surface area (Å²) in [5.41, 5.74) is 0.208. The molecule has 0 aliphatic rings. The van der Waals surface area contributed by atoms with Crippen LogP contribution in [0.4, 0.5) is 5.69 Å². The fourth-order valence-electron chi connectivity index (χ4n) is 2.94. The third-order valence-corrected chi connectivity index (χ3v) is 5.80. The van der Waals surface area contributed by atoms with Gasteiger partial charge in [0, 0.05) is 0 Å². The summed E-state index contributed by atoms with van der Waals surface area (Å²) in [6, 6.07) is 20.0. The van der Waals surface area contributed by atoms with Crippen LogP contribution in [0.25, 0.3) is 22.0 Å². The van der Waals surface area contributed by atoms with Crippen LogP contribution in [-0.2, 0) is 10.0 Å². The number of hydrogen-bond donors (Lipinski definition) is 3. The Labute approximate surface area is 164 Å². The highest BCUT2D eigenvalue weighted by Crippen LogP contribution is 2.23. The quantitative estimate of drug-likeness (QED) is 0.447. The molecule has 0 radical (unpaired) electrons. The number of rotatable bonds is 4. The summed E-state index contributed by atoms with van der Waals surface area (Å²) >= 11 is 0. The average molecular weight is 409 g/mol. The van der Waals surface area contributed by atoms with Gasteiger partial charge >= 0.3 is 5.69 Å². The van der Waals surface area contributed by atoms with E-state index in [-0.39, 0.29) is 26.2 Å². The zero-order chi connectivity index (χ0) is 20.6. The molecule has 0 unspecified atom stereocenters. The van der Waals surface area contributed by atoms with Gasteiger partial charge in [0.05, 0.1) is 21.5 Å². The lowest BCUT2D eigenvalue weighted by atomic mass is 10.1. The van der Waals surface area contributed by atoms with Gasteiger partial charge in [-0.1, -0.05) is 47.2 Å². The Kier molecular flexibility index (Phi) is 4.44. The van der Waals surface area contributed by atoms with Crippen LogP contribution >= 0.6 is 0 Å². The van der Waals surface area contributed by atoms with Crippen LogP contribution < -0.4 is 16.0 Å². The van der Waals surface area contributed by atoms with Crippen molar-refractivity contribution in [2.75, 3.05) is 4.72 Å². The number of hydrogen-bond acceptors (Lipinski definition) is 5. The summed E-state index contributed by atoms with van der Waals surface area (Å²) in [6.07, 6.45) is 0. The lowest BCUT2D eigenvalue weighted by Crippen LogP contribution is -2.33. The van der Waals surface area contributed by atoms with Crippen molar-refractivity contribution in [1.82, 2.24) is 9.71 Å². The smallest absolute Gasteiger partial charge is 0.362 e. The zero-order valence-corrected chi connectivity index (χ0v) is 15.7. The Morgan fingerprint density at radius 1 is 0.862 bits per heavy atom. The molecular weight excluding hydrogens is 394 g/mol. The highest BCUT2D eigenvalue weighted by atomic mass is 32.2. The molecule has 0 aliphatic heterocycles. The number of aromatic amines is 1. The summed E-state index contributed by atoms with van der Waals surface area (Å²) in [5.74, 6) is 0. The number of fused-ring (bicyclic) bond motifs is 1. The maximum absolute atomic E-state index is 12.7. The van der Waals surface area contributed by atoms with Crippen molar-refractivity contribution in [3.63, 3.8) is 0 Å². The van der Waals surface area contributed by atoms with Crippen molar-refractivity contribution in [2.24, 2.45) is 0 Å². The minimum absolute atomic E-state index is 0.0412. The molecule has 1 heterocycles. The van der Waals surface area contributed by atoms with Gasteiger partial charge < -0.3 is 10.2 Å². The van der Waals surface area contributed by atoms with Gasteiger partial charge in [0.2, 0.25) is 0 Å². The van der Waals surface area contributed by atoms with Crippen LogP contribution in [0.3, 0.4) is 0 Å². The van der Waals surface area contributed by atoms with Gasteiger partial charge in [-0.05, 0) is 41.5 Å². The zero-order valence-electron chi connectivity index (χ0n) is 14.9. The van der Waals surface area contributed by atoms with Crippen molar-refractivity contribution < 1.29 is 13.6 Å². The summed E-state index contributed by atoms with van der Waals surface area (Å²) in [5, 5.41) is 9.41. The van der Waals surface area contributed by atoms with E-state index in [0.29, 0.717) is 0 Å². The molecule has 3 aromatic carbocycles. The number of H-pyrrole nitrogens is 1. The van der Waals surface area contributed by atoms with E-state index < -0.39 is 21.3 Å². The van der Waals surface area contributed by atoms with E-state index in [1.54, 1.807) is 12.1 Å². The van der Waals surface area contributed by atoms with Crippen LogP contribution in [0.1, 0.15) is 0 Å². The molecule has 4 rings (SSSR count). The van der Waals surface area contributed by atoms with Crippen molar-refractivity contribution in [3.05, 3.63) is 93.6 Å². The molecule has 3 N–H and O–H groups in total. The normalized spacial score (nSPS) is 11.4. The first-order valence-electron chi connectivity index (χ1n) is 8.52. The first kappa shape index (κ1) is 18.5. The predicted octanol–water partition coefficient (Wildman–Crippen LogP) is 2.39. The molecule has 0 spiro atoms. The van der Waals surface area contributed by atoms with Crippen LogP contribution in [0, 0.1) is 0 Å². The Balaban J connectivity index is 1.66. The van der Waals surface area contributed by atoms with Gasteiger partial charge in [-0.15, -0.1) is 0 Å². The molecule has 4 aromatic rings. The fourth-order valence-corrected chi connectivity index (χ4v) is 3.99. The highest BCUT2D eigenvalue weighted by molar-refractivity contribution is 7.92. The molecule has 0 amide bonds. The lowest BCUT2D eigenvalue weighted by Gasteiger charge is -2.10. The number of aromatic nitrogens is 2. The van der Waals surface area contributed by atoms with E-state index >= 15 is 0 Å². The first-order valence-corrected chi connectivity index (χ1v) is 10.0. The highest BCUT2D eigenvalue weighted by Gasteiger charge is 2.15. The number of sulfonamides is 1. The van der Waals surface area contributed by atoms with Gasteiger partial charge in [0.15, 0.2) is 0 Å². The Bertz CT molecular complexity index is 1420. The Hall–Kier alpha value is -3.85. The van der Waals surface area contributed by atoms with Gasteiger partial charge in [-0.2, -0.15) is 0 Å². The Morgan fingerprint density at radius 3 is 2.21 bits per heavy atom. The van der Waals surface area contributed by atoms with Crippen LogP contribution in [0.2, 0.25) is 0 Å². The molecule has 0 saturated heterocycles. The van der Waals surface area contributed by atoms with Crippen LogP contribution in [-0.4, -0.2) is 23.3 Å². The van der Waals surface area contributed by atoms with Crippen LogP contribution in [0.5, 0.6) is 0 Å². The van der Waals surface area contributed by atoms with Gasteiger partial charge in [0.25, 0.3) is 15.6 Å². The number of nitrogens with one attached hydrogen (secondary N) is 2. The summed E-state index contributed by atoms with van der Waals surface area (Å²) < 4.78 is 27.7. The lowest BCUT2D eigenvalue weighted by molar-refractivity contribution is 0.162. The molecule has 146 valence electrons.